The summed E-state index contributed by atoms with van der Waals surface area (Å²) in [7, 11) is -2.76. The summed E-state index contributed by atoms with van der Waals surface area (Å²) >= 11 is 0. The van der Waals surface area contributed by atoms with E-state index in [9.17, 15) is 9.90 Å². The third kappa shape index (κ3) is 3.30. The second-order valence-electron chi connectivity index (χ2n) is 10.3. The highest BCUT2D eigenvalue weighted by molar-refractivity contribution is 6.99. The average Bonchev–Trinajstić information content (AvgIpc) is 3.29. The van der Waals surface area contributed by atoms with Crippen LogP contribution in [0, 0.1) is 0 Å². The summed E-state index contributed by atoms with van der Waals surface area (Å²) in [5.41, 5.74) is 2.05. The van der Waals surface area contributed by atoms with Gasteiger partial charge in [0, 0.05) is 6.54 Å². The Morgan fingerprint density at radius 2 is 1.64 bits per heavy atom. The standard InChI is InChI=1S/C27H33NO4Si/c1-5-20-22-21(16-17-28-23(22)25(24(20)29)31-26(28)30)32-33(27(2,3)4,18-12-8-6-9-13-18)19-14-10-7-11-15-19/h6-15,21,23-25,29H,5,16-17H2,1-4H3/t21-,23-,24+,25-/m0/s1. The lowest BCUT2D eigenvalue weighted by molar-refractivity contribution is 0.0516. The van der Waals surface area contributed by atoms with Gasteiger partial charge in [-0.3, -0.25) is 4.90 Å². The zero-order chi connectivity index (χ0) is 23.4. The zero-order valence-corrected chi connectivity index (χ0v) is 20.8. The molecular formula is C27H33NO4Si. The summed E-state index contributed by atoms with van der Waals surface area (Å²) in [4.78, 5) is 14.3. The average molecular weight is 464 g/mol. The largest absolute Gasteiger partial charge is 0.440 e. The van der Waals surface area contributed by atoms with Crippen molar-refractivity contribution in [3.63, 3.8) is 0 Å². The molecule has 3 aliphatic rings. The van der Waals surface area contributed by atoms with Crippen LogP contribution in [0.4, 0.5) is 4.79 Å². The van der Waals surface area contributed by atoms with Crippen LogP contribution in [0.1, 0.15) is 40.5 Å². The Hall–Kier alpha value is -2.41. The van der Waals surface area contributed by atoms with E-state index in [2.05, 4.69) is 76.2 Å². The van der Waals surface area contributed by atoms with E-state index in [1.54, 1.807) is 4.90 Å². The maximum Gasteiger partial charge on any atom is 0.410 e. The predicted molar refractivity (Wildman–Crippen MR) is 131 cm³/mol. The molecule has 2 heterocycles. The Morgan fingerprint density at radius 3 is 2.15 bits per heavy atom. The molecule has 0 bridgehead atoms. The molecule has 174 valence electrons. The summed E-state index contributed by atoms with van der Waals surface area (Å²) in [5, 5.41) is 13.4. The molecular weight excluding hydrogens is 430 g/mol. The first kappa shape index (κ1) is 22.4. The smallest absolute Gasteiger partial charge is 0.410 e. The molecule has 0 spiro atoms. The number of carbonyl (C=O) groups excluding carboxylic acids is 1. The van der Waals surface area contributed by atoms with E-state index in [0.717, 1.165) is 17.6 Å². The van der Waals surface area contributed by atoms with Crippen LogP contribution in [0.3, 0.4) is 0 Å². The maximum absolute atomic E-state index is 12.5. The molecule has 0 saturated carbocycles. The highest BCUT2D eigenvalue weighted by atomic mass is 28.4. The number of hydrogen-bond acceptors (Lipinski definition) is 4. The van der Waals surface area contributed by atoms with Crippen LogP contribution < -0.4 is 10.4 Å². The molecule has 0 aromatic heterocycles. The van der Waals surface area contributed by atoms with Gasteiger partial charge in [0.15, 0.2) is 6.10 Å². The predicted octanol–water partition coefficient (Wildman–Crippen LogP) is 3.61. The summed E-state index contributed by atoms with van der Waals surface area (Å²) in [6.07, 6.45) is -0.341. The minimum atomic E-state index is -2.76. The van der Waals surface area contributed by atoms with E-state index >= 15 is 0 Å². The molecule has 6 heteroatoms. The SMILES string of the molecule is CCC1=C2[C@@H](O[Si](c3ccccc3)(c3ccccc3)C(C)(C)C)CCN3C(=O)O[C@H]([C@@H]1O)[C@H]23. The lowest BCUT2D eigenvalue weighted by Gasteiger charge is -2.47. The van der Waals surface area contributed by atoms with Crippen molar-refractivity contribution in [2.45, 2.75) is 69.9 Å². The first-order chi connectivity index (χ1) is 15.8. The van der Waals surface area contributed by atoms with Gasteiger partial charge in [-0.25, -0.2) is 4.79 Å². The number of carbonyl (C=O) groups is 1. The second kappa shape index (κ2) is 8.11. The normalized spacial score (nSPS) is 27.1. The van der Waals surface area contributed by atoms with E-state index in [-0.39, 0.29) is 23.3 Å². The van der Waals surface area contributed by atoms with Crippen LogP contribution in [0.5, 0.6) is 0 Å². The second-order valence-corrected chi connectivity index (χ2v) is 14.6. The number of ether oxygens (including phenoxy) is 1. The summed E-state index contributed by atoms with van der Waals surface area (Å²) in [6.45, 7) is 9.47. The number of aliphatic hydroxyl groups is 1. The zero-order valence-electron chi connectivity index (χ0n) is 19.8. The van der Waals surface area contributed by atoms with E-state index in [4.69, 9.17) is 9.16 Å². The lowest BCUT2D eigenvalue weighted by atomic mass is 9.93. The third-order valence-corrected chi connectivity index (χ3v) is 12.6. The molecule has 2 fully saturated rings. The van der Waals surface area contributed by atoms with Gasteiger partial charge in [0.05, 0.1) is 12.1 Å². The van der Waals surface area contributed by atoms with E-state index in [1.165, 1.54) is 10.4 Å². The Kier molecular flexibility index (Phi) is 5.50. The van der Waals surface area contributed by atoms with Crippen molar-refractivity contribution in [1.82, 2.24) is 4.90 Å². The van der Waals surface area contributed by atoms with Crippen molar-refractivity contribution in [1.29, 1.82) is 0 Å². The summed E-state index contributed by atoms with van der Waals surface area (Å²) in [6, 6.07) is 21.0. The first-order valence-electron chi connectivity index (χ1n) is 12.0. The lowest BCUT2D eigenvalue weighted by Crippen LogP contribution is -2.68. The van der Waals surface area contributed by atoms with E-state index < -0.39 is 20.5 Å². The summed E-state index contributed by atoms with van der Waals surface area (Å²) in [5.74, 6) is 0. The van der Waals surface area contributed by atoms with Gasteiger partial charge in [-0.1, -0.05) is 88.4 Å². The fraction of sp³-hybridized carbons (Fsp3) is 0.444. The number of piperidine rings is 1. The number of rotatable bonds is 5. The third-order valence-electron chi connectivity index (χ3n) is 7.57. The molecule has 1 aliphatic carbocycles. The van der Waals surface area contributed by atoms with E-state index in [0.29, 0.717) is 13.0 Å². The summed E-state index contributed by atoms with van der Waals surface area (Å²) < 4.78 is 13.1. The van der Waals surface area contributed by atoms with Gasteiger partial charge < -0.3 is 14.3 Å². The van der Waals surface area contributed by atoms with Crippen LogP contribution in [0.25, 0.3) is 0 Å². The van der Waals surface area contributed by atoms with Gasteiger partial charge in [0.2, 0.25) is 0 Å². The molecule has 2 aromatic rings. The molecule has 2 aromatic carbocycles. The van der Waals surface area contributed by atoms with Gasteiger partial charge in [0.25, 0.3) is 8.32 Å². The molecule has 2 aliphatic heterocycles. The fourth-order valence-corrected chi connectivity index (χ4v) is 10.8. The number of hydrogen-bond donors (Lipinski definition) is 1. The Bertz CT molecular complexity index is 1020. The van der Waals surface area contributed by atoms with Gasteiger partial charge in [-0.15, -0.1) is 0 Å². The van der Waals surface area contributed by atoms with Gasteiger partial charge in [-0.2, -0.15) is 0 Å². The van der Waals surface area contributed by atoms with Crippen LogP contribution in [-0.4, -0.2) is 55.3 Å². The molecule has 33 heavy (non-hydrogen) atoms. The number of benzene rings is 2. The topological polar surface area (TPSA) is 59.0 Å². The van der Waals surface area contributed by atoms with Crippen molar-refractivity contribution in [2.75, 3.05) is 6.54 Å². The molecule has 5 nitrogen and oxygen atoms in total. The quantitative estimate of drug-likeness (QED) is 0.544. The minimum absolute atomic E-state index is 0.140. The Balaban J connectivity index is 1.67. The molecule has 2 saturated heterocycles. The molecule has 0 unspecified atom stereocenters. The molecule has 1 amide bonds. The molecule has 0 radical (unpaired) electrons. The van der Waals surface area contributed by atoms with Gasteiger partial charge in [-0.05, 0) is 39.4 Å². The highest BCUT2D eigenvalue weighted by Gasteiger charge is 2.59. The molecule has 1 N–H and O–H groups in total. The van der Waals surface area contributed by atoms with Crippen LogP contribution >= 0.6 is 0 Å². The number of amides is 1. The molecule has 5 rings (SSSR count). The van der Waals surface area contributed by atoms with Gasteiger partial charge >= 0.3 is 6.09 Å². The highest BCUT2D eigenvalue weighted by Crippen LogP contribution is 2.47. The van der Waals surface area contributed by atoms with Crippen molar-refractivity contribution in [2.24, 2.45) is 0 Å². The van der Waals surface area contributed by atoms with Gasteiger partial charge in [0.1, 0.15) is 6.10 Å². The van der Waals surface area contributed by atoms with Crippen molar-refractivity contribution < 1.29 is 19.1 Å². The van der Waals surface area contributed by atoms with Crippen LogP contribution in [-0.2, 0) is 9.16 Å². The minimum Gasteiger partial charge on any atom is -0.440 e. The number of nitrogens with zero attached hydrogens (tertiary/aromatic N) is 1. The molecule has 4 atom stereocenters. The fourth-order valence-electron chi connectivity index (χ4n) is 6.16. The Labute approximate surface area is 197 Å². The van der Waals surface area contributed by atoms with Crippen molar-refractivity contribution in [3.05, 3.63) is 71.8 Å². The number of aliphatic hydroxyl groups excluding tert-OH is 1. The monoisotopic (exact) mass is 463 g/mol. The van der Waals surface area contributed by atoms with E-state index in [1.807, 2.05) is 12.1 Å². The van der Waals surface area contributed by atoms with Crippen molar-refractivity contribution >= 4 is 24.8 Å². The van der Waals surface area contributed by atoms with Crippen LogP contribution in [0.15, 0.2) is 71.8 Å². The first-order valence-corrected chi connectivity index (χ1v) is 13.9. The Morgan fingerprint density at radius 1 is 1.06 bits per heavy atom. The van der Waals surface area contributed by atoms with Crippen molar-refractivity contribution in [3.8, 4) is 0 Å². The van der Waals surface area contributed by atoms with Crippen LogP contribution in [0.2, 0.25) is 5.04 Å². The maximum atomic E-state index is 12.5.